The fourth-order valence-corrected chi connectivity index (χ4v) is 2.25. The van der Waals surface area contributed by atoms with Crippen LogP contribution in [-0.4, -0.2) is 37.9 Å². The van der Waals surface area contributed by atoms with Crippen molar-refractivity contribution in [3.63, 3.8) is 0 Å². The minimum absolute atomic E-state index is 0.0277. The van der Waals surface area contributed by atoms with E-state index in [0.717, 1.165) is 0 Å². The first-order chi connectivity index (χ1) is 10.5. The molecule has 2 N–H and O–H groups in total. The molecule has 7 heteroatoms. The van der Waals surface area contributed by atoms with Crippen molar-refractivity contribution < 1.29 is 19.4 Å². The molecule has 0 unspecified atom stereocenters. The molecular formula is C15H17IN2O4. The highest BCUT2D eigenvalue weighted by atomic mass is 127. The molecule has 0 saturated heterocycles. The fraction of sp³-hybridized carbons (Fsp3) is 0.333. The average molecular weight is 416 g/mol. The minimum atomic E-state index is -0.472. The predicted molar refractivity (Wildman–Crippen MR) is 90.5 cm³/mol. The van der Waals surface area contributed by atoms with Crippen molar-refractivity contribution in [1.29, 1.82) is 5.26 Å². The molecule has 1 aromatic rings. The van der Waals surface area contributed by atoms with Gasteiger partial charge in [0.05, 0.1) is 16.8 Å². The number of benzene rings is 1. The van der Waals surface area contributed by atoms with E-state index in [1.54, 1.807) is 19.1 Å². The van der Waals surface area contributed by atoms with Crippen LogP contribution in [0.15, 0.2) is 17.7 Å². The lowest BCUT2D eigenvalue weighted by Crippen LogP contribution is -2.27. The van der Waals surface area contributed by atoms with Gasteiger partial charge in [-0.2, -0.15) is 5.26 Å². The van der Waals surface area contributed by atoms with Crippen molar-refractivity contribution in [2.24, 2.45) is 0 Å². The predicted octanol–water partition coefficient (Wildman–Crippen LogP) is 2.07. The van der Waals surface area contributed by atoms with Crippen LogP contribution in [0.1, 0.15) is 12.5 Å². The first-order valence-electron chi connectivity index (χ1n) is 6.57. The third-order valence-corrected chi connectivity index (χ3v) is 3.44. The van der Waals surface area contributed by atoms with Crippen molar-refractivity contribution in [3.8, 4) is 17.6 Å². The van der Waals surface area contributed by atoms with E-state index in [2.05, 4.69) is 5.32 Å². The smallest absolute Gasteiger partial charge is 0.262 e. The Morgan fingerprint density at radius 2 is 2.27 bits per heavy atom. The number of nitrogens with zero attached hydrogens (tertiary/aromatic N) is 1. The molecule has 6 nitrogen and oxygen atoms in total. The van der Waals surface area contributed by atoms with E-state index >= 15 is 0 Å². The molecule has 1 rings (SSSR count). The Bertz CT molecular complexity index is 608. The van der Waals surface area contributed by atoms with Gasteiger partial charge < -0.3 is 19.9 Å². The molecule has 0 bridgehead atoms. The molecule has 0 heterocycles. The molecule has 22 heavy (non-hydrogen) atoms. The highest BCUT2D eigenvalue weighted by Gasteiger charge is 2.12. The number of aromatic hydroxyl groups is 1. The van der Waals surface area contributed by atoms with Crippen molar-refractivity contribution in [1.82, 2.24) is 5.32 Å². The second-order valence-electron chi connectivity index (χ2n) is 4.20. The number of hydrogen-bond acceptors (Lipinski definition) is 5. The largest absolute Gasteiger partial charge is 0.504 e. The highest BCUT2D eigenvalue weighted by Crippen LogP contribution is 2.33. The zero-order valence-electron chi connectivity index (χ0n) is 12.4. The normalized spacial score (nSPS) is 10.9. The van der Waals surface area contributed by atoms with Crippen LogP contribution in [0.3, 0.4) is 0 Å². The van der Waals surface area contributed by atoms with E-state index in [-0.39, 0.29) is 11.3 Å². The van der Waals surface area contributed by atoms with Crippen molar-refractivity contribution in [2.75, 3.05) is 26.9 Å². The number of phenols is 1. The number of phenolic OH excluding ortho intramolecular Hbond substituents is 1. The van der Waals surface area contributed by atoms with Gasteiger partial charge in [0.15, 0.2) is 11.5 Å². The molecule has 0 aromatic heterocycles. The molecule has 0 saturated carbocycles. The van der Waals surface area contributed by atoms with Crippen LogP contribution < -0.4 is 10.1 Å². The van der Waals surface area contributed by atoms with Crippen LogP contribution in [0.2, 0.25) is 0 Å². The number of carbonyl (C=O) groups excluding carboxylic acids is 1. The van der Waals surface area contributed by atoms with Gasteiger partial charge in [-0.05, 0) is 53.3 Å². The number of hydrogen-bond donors (Lipinski definition) is 2. The molecule has 0 aliphatic rings. The summed E-state index contributed by atoms with van der Waals surface area (Å²) in [5.41, 5.74) is 0.573. The summed E-state index contributed by atoms with van der Waals surface area (Å²) in [6.45, 7) is 2.90. The van der Waals surface area contributed by atoms with E-state index in [1.807, 2.05) is 28.7 Å². The topological polar surface area (TPSA) is 91.6 Å². The summed E-state index contributed by atoms with van der Waals surface area (Å²) in [4.78, 5) is 11.9. The third-order valence-electron chi connectivity index (χ3n) is 2.62. The zero-order valence-corrected chi connectivity index (χ0v) is 14.5. The summed E-state index contributed by atoms with van der Waals surface area (Å²) in [5, 5.41) is 21.6. The van der Waals surface area contributed by atoms with Gasteiger partial charge in [0.1, 0.15) is 11.6 Å². The lowest BCUT2D eigenvalue weighted by molar-refractivity contribution is -0.117. The molecule has 0 atom stereocenters. The van der Waals surface area contributed by atoms with Crippen LogP contribution >= 0.6 is 22.6 Å². The van der Waals surface area contributed by atoms with Gasteiger partial charge in [-0.3, -0.25) is 4.79 Å². The maximum absolute atomic E-state index is 11.9. The van der Waals surface area contributed by atoms with Crippen LogP contribution in [0, 0.1) is 14.9 Å². The molecule has 0 fully saturated rings. The van der Waals surface area contributed by atoms with Crippen LogP contribution in [-0.2, 0) is 9.53 Å². The Kier molecular flexibility index (Phi) is 7.70. The van der Waals surface area contributed by atoms with Crippen LogP contribution in [0.25, 0.3) is 6.08 Å². The zero-order chi connectivity index (χ0) is 16.5. The molecule has 1 aromatic carbocycles. The summed E-state index contributed by atoms with van der Waals surface area (Å²) in [6.07, 6.45) is 1.45. The van der Waals surface area contributed by atoms with E-state index in [9.17, 15) is 9.90 Å². The quantitative estimate of drug-likeness (QED) is 0.307. The molecule has 0 aliphatic carbocycles. The Morgan fingerprint density at radius 3 is 2.86 bits per heavy atom. The van der Waals surface area contributed by atoms with Gasteiger partial charge in [0, 0.05) is 13.7 Å². The molecule has 118 valence electrons. The Hall–Kier alpha value is -1.79. The van der Waals surface area contributed by atoms with Gasteiger partial charge in [-0.1, -0.05) is 0 Å². The van der Waals surface area contributed by atoms with E-state index in [4.69, 9.17) is 14.7 Å². The number of nitriles is 1. The Balaban J connectivity index is 3.02. The summed E-state index contributed by atoms with van der Waals surface area (Å²) < 4.78 is 10.7. The number of ether oxygens (including phenoxy) is 2. The number of nitrogens with one attached hydrogen (secondary N) is 1. The van der Waals surface area contributed by atoms with Gasteiger partial charge in [-0.25, -0.2) is 0 Å². The second-order valence-corrected chi connectivity index (χ2v) is 5.36. The maximum atomic E-state index is 11.9. The summed E-state index contributed by atoms with van der Waals surface area (Å²) in [5.74, 6) is -0.110. The first-order valence-corrected chi connectivity index (χ1v) is 7.65. The van der Waals surface area contributed by atoms with Gasteiger partial charge in [0.2, 0.25) is 0 Å². The average Bonchev–Trinajstić information content (AvgIpc) is 2.50. The Morgan fingerprint density at radius 1 is 1.55 bits per heavy atom. The van der Waals surface area contributed by atoms with E-state index < -0.39 is 5.91 Å². The van der Waals surface area contributed by atoms with E-state index in [0.29, 0.717) is 34.6 Å². The first kappa shape index (κ1) is 18.3. The summed E-state index contributed by atoms with van der Waals surface area (Å²) >= 11 is 1.96. The molecule has 1 amide bonds. The van der Waals surface area contributed by atoms with Crippen LogP contribution in [0.5, 0.6) is 11.5 Å². The number of rotatable bonds is 7. The number of carbonyl (C=O) groups is 1. The highest BCUT2D eigenvalue weighted by molar-refractivity contribution is 14.1. The van der Waals surface area contributed by atoms with Gasteiger partial charge in [0.25, 0.3) is 5.91 Å². The lowest BCUT2D eigenvalue weighted by atomic mass is 10.1. The standard InChI is InChI=1S/C15H17IN2O4/c1-3-22-13-8-10(7-12(16)14(13)19)6-11(9-17)15(20)18-4-5-21-2/h6-8,19H,3-5H2,1-2H3,(H,18,20)/b11-6+. The van der Waals surface area contributed by atoms with Gasteiger partial charge >= 0.3 is 0 Å². The monoisotopic (exact) mass is 416 g/mol. The fourth-order valence-electron chi connectivity index (χ4n) is 1.62. The third kappa shape index (κ3) is 5.20. The number of methoxy groups -OCH3 is 1. The molecule has 0 aliphatic heterocycles. The molecule has 0 radical (unpaired) electrons. The van der Waals surface area contributed by atoms with Crippen LogP contribution in [0.4, 0.5) is 0 Å². The maximum Gasteiger partial charge on any atom is 0.262 e. The SMILES string of the molecule is CCOc1cc(/C=C(\C#N)C(=O)NCCOC)cc(I)c1O. The summed E-state index contributed by atoms with van der Waals surface area (Å²) in [7, 11) is 1.53. The van der Waals surface area contributed by atoms with E-state index in [1.165, 1.54) is 13.2 Å². The Labute approximate surface area is 142 Å². The number of halogens is 1. The van der Waals surface area contributed by atoms with Gasteiger partial charge in [-0.15, -0.1) is 0 Å². The van der Waals surface area contributed by atoms with Crippen molar-refractivity contribution in [3.05, 3.63) is 26.8 Å². The summed E-state index contributed by atoms with van der Waals surface area (Å²) in [6, 6.07) is 5.11. The number of amides is 1. The lowest BCUT2D eigenvalue weighted by Gasteiger charge is -2.09. The van der Waals surface area contributed by atoms with Crippen molar-refractivity contribution >= 4 is 34.6 Å². The molecule has 0 spiro atoms. The van der Waals surface area contributed by atoms with Crippen molar-refractivity contribution in [2.45, 2.75) is 6.92 Å². The minimum Gasteiger partial charge on any atom is -0.504 e. The second kappa shape index (κ2) is 9.27. The molecular weight excluding hydrogens is 399 g/mol.